The molecule has 0 saturated carbocycles. The predicted molar refractivity (Wildman–Crippen MR) is 74.4 cm³/mol. The molecule has 2 rings (SSSR count). The van der Waals surface area contributed by atoms with E-state index in [4.69, 9.17) is 16.3 Å². The fraction of sp³-hybridized carbons (Fsp3) is 0.143. The molecule has 0 aliphatic carbocycles. The van der Waals surface area contributed by atoms with E-state index in [9.17, 15) is 8.78 Å². The number of hydrogen-bond donors (Lipinski definition) is 0. The highest BCUT2D eigenvalue weighted by Crippen LogP contribution is 2.27. The summed E-state index contributed by atoms with van der Waals surface area (Å²) in [5, 5.41) is 0. The van der Waals surface area contributed by atoms with E-state index in [2.05, 4.69) is 15.9 Å². The second-order valence-electron chi connectivity index (χ2n) is 3.90. The minimum absolute atomic E-state index is 0.0393. The first-order valence-electron chi connectivity index (χ1n) is 5.52. The first-order valence-corrected chi connectivity index (χ1v) is 6.84. The topological polar surface area (TPSA) is 9.23 Å². The van der Waals surface area contributed by atoms with Gasteiger partial charge in [-0.1, -0.05) is 18.2 Å². The molecule has 0 radical (unpaired) electrons. The molecule has 0 amide bonds. The molecule has 1 nitrogen and oxygen atoms in total. The summed E-state index contributed by atoms with van der Waals surface area (Å²) in [4.78, 5) is 0. The zero-order valence-electron chi connectivity index (χ0n) is 9.80. The van der Waals surface area contributed by atoms with Crippen LogP contribution < -0.4 is 4.74 Å². The van der Waals surface area contributed by atoms with Crippen LogP contribution in [0.15, 0.2) is 40.9 Å². The highest BCUT2D eigenvalue weighted by Gasteiger charge is 2.09. The molecule has 2 aromatic rings. The summed E-state index contributed by atoms with van der Waals surface area (Å²) in [6.45, 7) is -0.0393. The average Bonchev–Trinajstić information content (AvgIpc) is 2.41. The van der Waals surface area contributed by atoms with Crippen LogP contribution in [-0.4, -0.2) is 0 Å². The van der Waals surface area contributed by atoms with E-state index in [1.54, 1.807) is 6.07 Å². The Morgan fingerprint density at radius 2 is 1.95 bits per heavy atom. The van der Waals surface area contributed by atoms with E-state index < -0.39 is 11.6 Å². The Bertz CT molecular complexity index is 590. The quantitative estimate of drug-likeness (QED) is 0.704. The number of rotatable bonds is 4. The lowest BCUT2D eigenvalue weighted by molar-refractivity contribution is 0.295. The van der Waals surface area contributed by atoms with Crippen molar-refractivity contribution < 1.29 is 13.5 Å². The molecule has 0 bridgehead atoms. The first-order chi connectivity index (χ1) is 9.11. The van der Waals surface area contributed by atoms with Gasteiger partial charge in [0.2, 0.25) is 0 Å². The third-order valence-corrected chi connectivity index (χ3v) is 3.49. The van der Waals surface area contributed by atoms with E-state index in [0.29, 0.717) is 11.6 Å². The van der Waals surface area contributed by atoms with Crippen molar-refractivity contribution in [2.75, 3.05) is 0 Å². The molecule has 5 heteroatoms. The Kier molecular flexibility index (Phi) is 4.77. The zero-order valence-corrected chi connectivity index (χ0v) is 12.1. The van der Waals surface area contributed by atoms with Gasteiger partial charge < -0.3 is 4.74 Å². The normalized spacial score (nSPS) is 10.5. The maximum atomic E-state index is 13.4. The number of alkyl halides is 1. The highest BCUT2D eigenvalue weighted by atomic mass is 79.9. The van der Waals surface area contributed by atoms with Gasteiger partial charge in [0, 0.05) is 11.4 Å². The largest absolute Gasteiger partial charge is 0.488 e. The van der Waals surface area contributed by atoms with E-state index in [1.165, 1.54) is 12.1 Å². The van der Waals surface area contributed by atoms with Gasteiger partial charge in [-0.25, -0.2) is 8.78 Å². The molecular formula is C14H10BrClF2O. The van der Waals surface area contributed by atoms with Crippen molar-refractivity contribution in [1.29, 1.82) is 0 Å². The molecule has 0 spiro atoms. The van der Waals surface area contributed by atoms with Gasteiger partial charge in [0.25, 0.3) is 0 Å². The molecule has 0 aliphatic heterocycles. The molecule has 19 heavy (non-hydrogen) atoms. The van der Waals surface area contributed by atoms with Crippen LogP contribution in [0.3, 0.4) is 0 Å². The Labute approximate surface area is 123 Å². The van der Waals surface area contributed by atoms with E-state index in [-0.39, 0.29) is 12.2 Å². The van der Waals surface area contributed by atoms with Gasteiger partial charge in [-0.15, -0.1) is 11.6 Å². The number of halogens is 4. The standard InChI is InChI=1S/C14H10BrClF2O/c15-11-6-9(7-16)4-5-13(11)19-8-10-2-1-3-12(17)14(10)18/h1-6H,7-8H2. The van der Waals surface area contributed by atoms with Crippen molar-refractivity contribution in [2.24, 2.45) is 0 Å². The van der Waals surface area contributed by atoms with Crippen molar-refractivity contribution in [3.63, 3.8) is 0 Å². The van der Waals surface area contributed by atoms with E-state index in [0.717, 1.165) is 16.1 Å². The summed E-state index contributed by atoms with van der Waals surface area (Å²) in [5.74, 6) is -0.802. The monoisotopic (exact) mass is 346 g/mol. The summed E-state index contributed by atoms with van der Waals surface area (Å²) >= 11 is 9.05. The lowest BCUT2D eigenvalue weighted by Crippen LogP contribution is -2.01. The van der Waals surface area contributed by atoms with Gasteiger partial charge in [0.1, 0.15) is 12.4 Å². The minimum atomic E-state index is -0.879. The molecule has 0 saturated heterocycles. The molecule has 100 valence electrons. The molecule has 0 N–H and O–H groups in total. The predicted octanol–water partition coefficient (Wildman–Crippen LogP) is 5.05. The van der Waals surface area contributed by atoms with Crippen molar-refractivity contribution in [1.82, 2.24) is 0 Å². The molecule has 0 heterocycles. The molecule has 0 aliphatic rings. The molecule has 0 unspecified atom stereocenters. The minimum Gasteiger partial charge on any atom is -0.488 e. The van der Waals surface area contributed by atoms with Crippen LogP contribution in [-0.2, 0) is 12.5 Å². The van der Waals surface area contributed by atoms with Crippen LogP contribution in [0.5, 0.6) is 5.75 Å². The van der Waals surface area contributed by atoms with Crippen molar-refractivity contribution in [3.05, 3.63) is 63.6 Å². The molecule has 2 aromatic carbocycles. The summed E-state index contributed by atoms with van der Waals surface area (Å²) in [6, 6.07) is 9.38. The Morgan fingerprint density at radius 1 is 1.16 bits per heavy atom. The second kappa shape index (κ2) is 6.35. The lowest BCUT2D eigenvalue weighted by atomic mass is 10.2. The smallest absolute Gasteiger partial charge is 0.165 e. The number of ether oxygens (including phenoxy) is 1. The van der Waals surface area contributed by atoms with Gasteiger partial charge in [-0.3, -0.25) is 0 Å². The van der Waals surface area contributed by atoms with Crippen LogP contribution >= 0.6 is 27.5 Å². The van der Waals surface area contributed by atoms with Gasteiger partial charge in [0.05, 0.1) is 4.47 Å². The average molecular weight is 348 g/mol. The van der Waals surface area contributed by atoms with Crippen LogP contribution in [0.2, 0.25) is 0 Å². The van der Waals surface area contributed by atoms with Gasteiger partial charge >= 0.3 is 0 Å². The van der Waals surface area contributed by atoms with Gasteiger partial charge in [0.15, 0.2) is 11.6 Å². The molecule has 0 atom stereocenters. The molecule has 0 aromatic heterocycles. The third kappa shape index (κ3) is 3.45. The van der Waals surface area contributed by atoms with Crippen molar-refractivity contribution in [3.8, 4) is 5.75 Å². The van der Waals surface area contributed by atoms with Gasteiger partial charge in [-0.2, -0.15) is 0 Å². The van der Waals surface area contributed by atoms with E-state index >= 15 is 0 Å². The maximum Gasteiger partial charge on any atom is 0.165 e. The summed E-state index contributed by atoms with van der Waals surface area (Å²) in [6.07, 6.45) is 0. The maximum absolute atomic E-state index is 13.4. The fourth-order valence-electron chi connectivity index (χ4n) is 1.56. The Morgan fingerprint density at radius 3 is 2.63 bits per heavy atom. The van der Waals surface area contributed by atoms with Gasteiger partial charge in [-0.05, 0) is 39.7 Å². The first kappa shape index (κ1) is 14.3. The SMILES string of the molecule is Fc1cccc(COc2ccc(CCl)cc2Br)c1F. The van der Waals surface area contributed by atoms with E-state index in [1.807, 2.05) is 12.1 Å². The van der Waals surface area contributed by atoms with Crippen LogP contribution in [0.4, 0.5) is 8.78 Å². The summed E-state index contributed by atoms with van der Waals surface area (Å²) < 4.78 is 32.7. The number of hydrogen-bond acceptors (Lipinski definition) is 1. The summed E-state index contributed by atoms with van der Waals surface area (Å²) in [5.41, 5.74) is 1.12. The Balaban J connectivity index is 2.12. The molecule has 0 fully saturated rings. The number of benzene rings is 2. The lowest BCUT2D eigenvalue weighted by Gasteiger charge is -2.10. The van der Waals surface area contributed by atoms with Crippen molar-refractivity contribution in [2.45, 2.75) is 12.5 Å². The summed E-state index contributed by atoms with van der Waals surface area (Å²) in [7, 11) is 0. The second-order valence-corrected chi connectivity index (χ2v) is 5.02. The third-order valence-electron chi connectivity index (χ3n) is 2.57. The zero-order chi connectivity index (χ0) is 13.8. The van der Waals surface area contributed by atoms with Crippen LogP contribution in [0.25, 0.3) is 0 Å². The van der Waals surface area contributed by atoms with Crippen LogP contribution in [0.1, 0.15) is 11.1 Å². The highest BCUT2D eigenvalue weighted by molar-refractivity contribution is 9.10. The molecular weight excluding hydrogens is 338 g/mol. The van der Waals surface area contributed by atoms with Crippen molar-refractivity contribution >= 4 is 27.5 Å². The Hall–Kier alpha value is -1.13. The van der Waals surface area contributed by atoms with Crippen LogP contribution in [0, 0.1) is 11.6 Å². The fourth-order valence-corrected chi connectivity index (χ4v) is 2.27.